The van der Waals surface area contributed by atoms with Crippen LogP contribution in [0.25, 0.3) is 0 Å². The molecule has 0 radical (unpaired) electrons. The SMILES string of the molecule is COC(=O)C1=C(C)N=C(C)C(C#N)C1c1ccccc1N. The van der Waals surface area contributed by atoms with Crippen molar-refractivity contribution in [2.75, 3.05) is 12.8 Å². The first kappa shape index (κ1) is 14.8. The summed E-state index contributed by atoms with van der Waals surface area (Å²) in [6, 6.07) is 9.48. The highest BCUT2D eigenvalue weighted by Crippen LogP contribution is 2.40. The highest BCUT2D eigenvalue weighted by Gasteiger charge is 2.38. The van der Waals surface area contributed by atoms with Crippen LogP contribution in [0.4, 0.5) is 5.69 Å². The Balaban J connectivity index is 2.68. The van der Waals surface area contributed by atoms with Gasteiger partial charge in [0.15, 0.2) is 0 Å². The predicted octanol–water partition coefficient (Wildman–Crippen LogP) is 2.41. The van der Waals surface area contributed by atoms with Gasteiger partial charge in [-0.05, 0) is 25.5 Å². The van der Waals surface area contributed by atoms with Crippen LogP contribution in [0.1, 0.15) is 25.3 Å². The van der Waals surface area contributed by atoms with E-state index in [1.54, 1.807) is 19.9 Å². The van der Waals surface area contributed by atoms with Crippen molar-refractivity contribution in [3.05, 3.63) is 41.1 Å². The number of carbonyl (C=O) groups excluding carboxylic acids is 1. The maximum absolute atomic E-state index is 12.1. The van der Waals surface area contributed by atoms with Gasteiger partial charge in [-0.2, -0.15) is 5.26 Å². The van der Waals surface area contributed by atoms with E-state index in [0.717, 1.165) is 5.56 Å². The molecule has 1 aliphatic rings. The minimum absolute atomic E-state index is 0.396. The number of nitriles is 1. The van der Waals surface area contributed by atoms with Gasteiger partial charge in [0.1, 0.15) is 0 Å². The molecule has 0 spiro atoms. The van der Waals surface area contributed by atoms with Gasteiger partial charge >= 0.3 is 5.97 Å². The molecule has 1 aliphatic heterocycles. The van der Waals surface area contributed by atoms with E-state index in [0.29, 0.717) is 22.7 Å². The predicted molar refractivity (Wildman–Crippen MR) is 80.5 cm³/mol. The first-order valence-corrected chi connectivity index (χ1v) is 6.59. The van der Waals surface area contributed by atoms with Crippen molar-refractivity contribution in [3.8, 4) is 6.07 Å². The van der Waals surface area contributed by atoms with Gasteiger partial charge in [0.2, 0.25) is 0 Å². The number of ether oxygens (including phenoxy) is 1. The lowest BCUT2D eigenvalue weighted by Crippen LogP contribution is -2.29. The van der Waals surface area contributed by atoms with Gasteiger partial charge in [-0.25, -0.2) is 4.79 Å². The van der Waals surface area contributed by atoms with E-state index >= 15 is 0 Å². The zero-order valence-electron chi connectivity index (χ0n) is 12.3. The summed E-state index contributed by atoms with van der Waals surface area (Å²) in [6.45, 7) is 3.53. The van der Waals surface area contributed by atoms with Crippen molar-refractivity contribution in [2.45, 2.75) is 19.8 Å². The summed E-state index contributed by atoms with van der Waals surface area (Å²) in [5, 5.41) is 9.50. The Hall–Kier alpha value is -2.61. The Kier molecular flexibility index (Phi) is 4.08. The summed E-state index contributed by atoms with van der Waals surface area (Å²) in [5.74, 6) is -1.47. The van der Waals surface area contributed by atoms with E-state index in [-0.39, 0.29) is 0 Å². The van der Waals surface area contributed by atoms with Crippen LogP contribution >= 0.6 is 0 Å². The number of nitrogens with two attached hydrogens (primary N) is 1. The molecule has 2 unspecified atom stereocenters. The number of nitrogen functional groups attached to an aromatic ring is 1. The summed E-state index contributed by atoms with van der Waals surface area (Å²) in [4.78, 5) is 16.5. The average Bonchev–Trinajstić information content (AvgIpc) is 2.46. The Morgan fingerprint density at radius 3 is 2.62 bits per heavy atom. The summed E-state index contributed by atoms with van der Waals surface area (Å²) < 4.78 is 4.86. The lowest BCUT2D eigenvalue weighted by molar-refractivity contribution is -0.136. The van der Waals surface area contributed by atoms with Gasteiger partial charge in [0, 0.05) is 23.0 Å². The first-order chi connectivity index (χ1) is 10.0. The number of anilines is 1. The minimum Gasteiger partial charge on any atom is -0.466 e. The molecule has 0 saturated heterocycles. The Morgan fingerprint density at radius 2 is 2.05 bits per heavy atom. The van der Waals surface area contributed by atoms with Crippen molar-refractivity contribution in [2.24, 2.45) is 10.9 Å². The normalized spacial score (nSPS) is 21.5. The number of rotatable bonds is 2. The number of hydrogen-bond donors (Lipinski definition) is 1. The molecular weight excluding hydrogens is 266 g/mol. The standard InChI is InChI=1S/C16H17N3O2/c1-9-12(8-17)15(11-6-4-5-7-13(11)18)14(10(2)19-9)16(20)21-3/h4-7,12,15H,18H2,1-3H3. The second-order valence-electron chi connectivity index (χ2n) is 4.96. The molecule has 0 bridgehead atoms. The van der Waals surface area contributed by atoms with E-state index in [2.05, 4.69) is 11.1 Å². The lowest BCUT2D eigenvalue weighted by Gasteiger charge is -2.29. The molecule has 2 N–H and O–H groups in total. The van der Waals surface area contributed by atoms with Crippen molar-refractivity contribution in [1.82, 2.24) is 0 Å². The minimum atomic E-state index is -0.535. The van der Waals surface area contributed by atoms with Crippen LogP contribution in [-0.2, 0) is 9.53 Å². The maximum atomic E-state index is 12.1. The molecule has 5 nitrogen and oxygen atoms in total. The molecule has 108 valence electrons. The van der Waals surface area contributed by atoms with Crippen LogP contribution in [0.5, 0.6) is 0 Å². The molecule has 5 heteroatoms. The Morgan fingerprint density at radius 1 is 1.38 bits per heavy atom. The van der Waals surface area contributed by atoms with E-state index in [1.807, 2.05) is 18.2 Å². The largest absolute Gasteiger partial charge is 0.466 e. The second kappa shape index (κ2) is 5.80. The molecule has 0 saturated carbocycles. The van der Waals surface area contributed by atoms with E-state index < -0.39 is 17.8 Å². The number of para-hydroxylation sites is 1. The van der Waals surface area contributed by atoms with Crippen LogP contribution in [-0.4, -0.2) is 18.8 Å². The number of carbonyl (C=O) groups is 1. The summed E-state index contributed by atoms with van der Waals surface area (Å²) in [5.41, 5.74) is 8.98. The highest BCUT2D eigenvalue weighted by molar-refractivity contribution is 5.98. The fourth-order valence-corrected chi connectivity index (χ4v) is 2.71. The van der Waals surface area contributed by atoms with Gasteiger partial charge < -0.3 is 10.5 Å². The van der Waals surface area contributed by atoms with Crippen molar-refractivity contribution in [1.29, 1.82) is 5.26 Å². The van der Waals surface area contributed by atoms with Crippen LogP contribution < -0.4 is 5.73 Å². The molecular formula is C16H17N3O2. The fraction of sp³-hybridized carbons (Fsp3) is 0.312. The quantitative estimate of drug-likeness (QED) is 0.666. The average molecular weight is 283 g/mol. The number of allylic oxidation sites excluding steroid dienone is 1. The molecule has 2 rings (SSSR count). The van der Waals surface area contributed by atoms with Crippen LogP contribution in [0.2, 0.25) is 0 Å². The number of benzene rings is 1. The monoisotopic (exact) mass is 283 g/mol. The van der Waals surface area contributed by atoms with Crippen LogP contribution in [0.15, 0.2) is 40.5 Å². The van der Waals surface area contributed by atoms with E-state index in [1.165, 1.54) is 7.11 Å². The van der Waals surface area contributed by atoms with Gasteiger partial charge in [-0.15, -0.1) is 0 Å². The third-order valence-corrected chi connectivity index (χ3v) is 3.70. The number of esters is 1. The van der Waals surface area contributed by atoms with E-state index in [4.69, 9.17) is 10.5 Å². The molecule has 21 heavy (non-hydrogen) atoms. The van der Waals surface area contributed by atoms with Crippen LogP contribution in [0, 0.1) is 17.2 Å². The molecule has 0 aliphatic carbocycles. The topological polar surface area (TPSA) is 88.5 Å². The zero-order chi connectivity index (χ0) is 15.6. The van der Waals surface area contributed by atoms with Gasteiger partial charge in [0.05, 0.1) is 24.7 Å². The van der Waals surface area contributed by atoms with Gasteiger partial charge in [-0.3, -0.25) is 4.99 Å². The number of hydrogen-bond acceptors (Lipinski definition) is 5. The fourth-order valence-electron chi connectivity index (χ4n) is 2.71. The number of nitrogens with zero attached hydrogens (tertiary/aromatic N) is 2. The van der Waals surface area contributed by atoms with Crippen molar-refractivity contribution < 1.29 is 9.53 Å². The molecule has 1 aromatic carbocycles. The second-order valence-corrected chi connectivity index (χ2v) is 4.96. The Bertz CT molecular complexity index is 683. The van der Waals surface area contributed by atoms with Gasteiger partial charge in [0.25, 0.3) is 0 Å². The van der Waals surface area contributed by atoms with Crippen molar-refractivity contribution >= 4 is 17.4 Å². The zero-order valence-corrected chi connectivity index (χ0v) is 12.3. The van der Waals surface area contributed by atoms with Crippen LogP contribution in [0.3, 0.4) is 0 Å². The molecule has 1 heterocycles. The smallest absolute Gasteiger partial charge is 0.336 e. The third-order valence-electron chi connectivity index (χ3n) is 3.70. The molecule has 0 fully saturated rings. The maximum Gasteiger partial charge on any atom is 0.336 e. The number of aliphatic imine (C=N–C) groups is 1. The van der Waals surface area contributed by atoms with E-state index in [9.17, 15) is 10.1 Å². The highest BCUT2D eigenvalue weighted by atomic mass is 16.5. The summed E-state index contributed by atoms with van der Waals surface area (Å²) in [6.07, 6.45) is 0. The Labute approximate surface area is 123 Å². The molecule has 2 atom stereocenters. The summed E-state index contributed by atoms with van der Waals surface area (Å²) in [7, 11) is 1.32. The lowest BCUT2D eigenvalue weighted by atomic mass is 9.76. The molecule has 1 aromatic rings. The number of methoxy groups -OCH3 is 1. The summed E-state index contributed by atoms with van der Waals surface area (Å²) >= 11 is 0. The first-order valence-electron chi connectivity index (χ1n) is 6.59. The van der Waals surface area contributed by atoms with Crippen molar-refractivity contribution in [3.63, 3.8) is 0 Å². The molecule has 0 aromatic heterocycles. The third kappa shape index (κ3) is 2.52. The molecule has 0 amide bonds. The van der Waals surface area contributed by atoms with Gasteiger partial charge in [-0.1, -0.05) is 18.2 Å².